The summed E-state index contributed by atoms with van der Waals surface area (Å²) in [5.74, 6) is 2.47. The molecule has 0 aliphatic carbocycles. The molecule has 0 unspecified atom stereocenters. The van der Waals surface area contributed by atoms with E-state index in [1.54, 1.807) is 21.3 Å². The maximum atomic E-state index is 5.44. The molecule has 0 saturated heterocycles. The zero-order valence-corrected chi connectivity index (χ0v) is 14.4. The van der Waals surface area contributed by atoms with Crippen LogP contribution in [-0.2, 0) is 0 Å². The molecule has 3 aromatic carbocycles. The molecule has 0 aliphatic rings. The summed E-state index contributed by atoms with van der Waals surface area (Å²) in [6.07, 6.45) is 0. The van der Waals surface area contributed by atoms with Gasteiger partial charge in [-0.15, -0.1) is 0 Å². The fourth-order valence-corrected chi connectivity index (χ4v) is 3.26. The molecule has 4 heteroatoms. The summed E-state index contributed by atoms with van der Waals surface area (Å²) in [6, 6.07) is 20.3. The normalized spacial score (nSPS) is 11.0. The molecule has 0 atom stereocenters. The van der Waals surface area contributed by atoms with Gasteiger partial charge in [-0.05, 0) is 36.4 Å². The van der Waals surface area contributed by atoms with Crippen molar-refractivity contribution < 1.29 is 14.2 Å². The molecular formula is C21H19NO3. The molecule has 0 amide bonds. The van der Waals surface area contributed by atoms with Crippen molar-refractivity contribution in [2.24, 2.45) is 0 Å². The van der Waals surface area contributed by atoms with E-state index in [2.05, 4.69) is 34.9 Å². The van der Waals surface area contributed by atoms with E-state index in [4.69, 9.17) is 14.2 Å². The second kappa shape index (κ2) is 6.06. The van der Waals surface area contributed by atoms with Crippen molar-refractivity contribution in [1.29, 1.82) is 0 Å². The molecule has 126 valence electrons. The van der Waals surface area contributed by atoms with Gasteiger partial charge in [-0.1, -0.05) is 6.07 Å². The van der Waals surface area contributed by atoms with Gasteiger partial charge in [-0.3, -0.25) is 0 Å². The number of aromatic nitrogens is 1. The number of nitrogens with zero attached hydrogens (tertiary/aromatic N) is 1. The van der Waals surface area contributed by atoms with E-state index in [9.17, 15) is 0 Å². The van der Waals surface area contributed by atoms with E-state index >= 15 is 0 Å². The second-order valence-electron chi connectivity index (χ2n) is 5.80. The number of rotatable bonds is 4. The van der Waals surface area contributed by atoms with Crippen molar-refractivity contribution in [3.8, 4) is 22.9 Å². The van der Waals surface area contributed by atoms with Crippen molar-refractivity contribution in [2.45, 2.75) is 0 Å². The van der Waals surface area contributed by atoms with Gasteiger partial charge >= 0.3 is 0 Å². The molecule has 0 bridgehead atoms. The molecule has 4 rings (SSSR count). The summed E-state index contributed by atoms with van der Waals surface area (Å²) in [5.41, 5.74) is 3.19. The minimum Gasteiger partial charge on any atom is -0.497 e. The van der Waals surface area contributed by atoms with Crippen molar-refractivity contribution in [2.75, 3.05) is 21.3 Å². The van der Waals surface area contributed by atoms with Gasteiger partial charge in [-0.2, -0.15) is 0 Å². The van der Waals surface area contributed by atoms with Gasteiger partial charge in [0.2, 0.25) is 0 Å². The monoisotopic (exact) mass is 333 g/mol. The molecule has 1 aromatic heterocycles. The quantitative estimate of drug-likeness (QED) is 0.537. The Morgan fingerprint density at radius 3 is 1.64 bits per heavy atom. The summed E-state index contributed by atoms with van der Waals surface area (Å²) >= 11 is 0. The van der Waals surface area contributed by atoms with Crippen molar-refractivity contribution in [3.05, 3.63) is 60.7 Å². The predicted molar refractivity (Wildman–Crippen MR) is 100 cm³/mol. The van der Waals surface area contributed by atoms with E-state index < -0.39 is 0 Å². The first-order chi connectivity index (χ1) is 12.2. The first-order valence-electron chi connectivity index (χ1n) is 8.06. The third-order valence-electron chi connectivity index (χ3n) is 4.49. The predicted octanol–water partition coefficient (Wildman–Crippen LogP) is 4.81. The first kappa shape index (κ1) is 15.4. The molecule has 0 aliphatic heterocycles. The van der Waals surface area contributed by atoms with Crippen LogP contribution in [0.5, 0.6) is 17.2 Å². The third-order valence-corrected chi connectivity index (χ3v) is 4.49. The van der Waals surface area contributed by atoms with Crippen LogP contribution < -0.4 is 14.2 Å². The van der Waals surface area contributed by atoms with Gasteiger partial charge in [0, 0.05) is 34.7 Å². The summed E-state index contributed by atoms with van der Waals surface area (Å²) < 4.78 is 18.5. The fraction of sp³-hybridized carbons (Fsp3) is 0.143. The van der Waals surface area contributed by atoms with Crippen molar-refractivity contribution in [3.63, 3.8) is 0 Å². The van der Waals surface area contributed by atoms with Crippen molar-refractivity contribution in [1.82, 2.24) is 4.57 Å². The highest BCUT2D eigenvalue weighted by molar-refractivity contribution is 6.10. The molecule has 25 heavy (non-hydrogen) atoms. The van der Waals surface area contributed by atoms with E-state index in [1.165, 1.54) is 10.8 Å². The van der Waals surface area contributed by atoms with Crippen LogP contribution in [0.25, 0.3) is 27.5 Å². The fourth-order valence-electron chi connectivity index (χ4n) is 3.26. The maximum absolute atomic E-state index is 5.44. The maximum Gasteiger partial charge on any atom is 0.120 e. The number of ether oxygens (including phenoxy) is 3. The van der Waals surface area contributed by atoms with Gasteiger partial charge < -0.3 is 18.8 Å². The number of methoxy groups -OCH3 is 3. The van der Waals surface area contributed by atoms with Crippen molar-refractivity contribution >= 4 is 21.8 Å². The van der Waals surface area contributed by atoms with Crippen LogP contribution in [-0.4, -0.2) is 25.9 Å². The Balaban J connectivity index is 2.13. The van der Waals surface area contributed by atoms with E-state index in [0.717, 1.165) is 34.0 Å². The van der Waals surface area contributed by atoms with E-state index in [-0.39, 0.29) is 0 Å². The lowest BCUT2D eigenvalue weighted by Gasteiger charge is -2.10. The Labute approximate surface area is 146 Å². The first-order valence-corrected chi connectivity index (χ1v) is 8.06. The standard InChI is InChI=1S/C21H19NO3/c1-23-15-6-4-5-14(11-15)22-20-12-16(24-2)7-9-18(20)19-10-8-17(25-3)13-21(19)22/h4-13H,1-3H3. The molecule has 0 fully saturated rings. The van der Waals surface area contributed by atoms with Gasteiger partial charge in [0.05, 0.1) is 32.4 Å². The molecule has 0 spiro atoms. The SMILES string of the molecule is COc1cccc(-n2c3cc(OC)ccc3c3ccc(OC)cc32)c1. The Morgan fingerprint density at radius 2 is 1.12 bits per heavy atom. The molecule has 4 aromatic rings. The number of hydrogen-bond donors (Lipinski definition) is 0. The molecular weight excluding hydrogens is 314 g/mol. The van der Waals surface area contributed by atoms with Crippen LogP contribution >= 0.6 is 0 Å². The number of benzene rings is 3. The summed E-state index contributed by atoms with van der Waals surface area (Å²) in [6.45, 7) is 0. The van der Waals surface area contributed by atoms with Crippen LogP contribution in [0.2, 0.25) is 0 Å². The van der Waals surface area contributed by atoms with Crippen LogP contribution in [0, 0.1) is 0 Å². The lowest BCUT2D eigenvalue weighted by atomic mass is 10.1. The average molecular weight is 333 g/mol. The highest BCUT2D eigenvalue weighted by Crippen LogP contribution is 2.36. The smallest absolute Gasteiger partial charge is 0.120 e. The second-order valence-corrected chi connectivity index (χ2v) is 5.80. The van der Waals surface area contributed by atoms with Gasteiger partial charge in [0.1, 0.15) is 17.2 Å². The molecule has 0 saturated carbocycles. The van der Waals surface area contributed by atoms with Gasteiger partial charge in [0.15, 0.2) is 0 Å². The lowest BCUT2D eigenvalue weighted by molar-refractivity contribution is 0.414. The highest BCUT2D eigenvalue weighted by Gasteiger charge is 2.14. The Morgan fingerprint density at radius 1 is 0.600 bits per heavy atom. The highest BCUT2D eigenvalue weighted by atomic mass is 16.5. The van der Waals surface area contributed by atoms with Gasteiger partial charge in [0.25, 0.3) is 0 Å². The zero-order valence-electron chi connectivity index (χ0n) is 14.4. The van der Waals surface area contributed by atoms with Crippen LogP contribution in [0.3, 0.4) is 0 Å². The third kappa shape index (κ3) is 2.47. The topological polar surface area (TPSA) is 32.6 Å². The minimum atomic E-state index is 0.818. The van der Waals surface area contributed by atoms with Crippen LogP contribution in [0.1, 0.15) is 0 Å². The molecule has 1 heterocycles. The van der Waals surface area contributed by atoms with Gasteiger partial charge in [-0.25, -0.2) is 0 Å². The minimum absolute atomic E-state index is 0.818. The molecule has 0 radical (unpaired) electrons. The largest absolute Gasteiger partial charge is 0.497 e. The Bertz CT molecular complexity index is 1000. The average Bonchev–Trinajstić information content (AvgIpc) is 3.00. The van der Waals surface area contributed by atoms with Crippen LogP contribution in [0.15, 0.2) is 60.7 Å². The lowest BCUT2D eigenvalue weighted by Crippen LogP contribution is -1.95. The van der Waals surface area contributed by atoms with E-state index in [1.807, 2.05) is 30.3 Å². The summed E-state index contributed by atoms with van der Waals surface area (Å²) in [7, 11) is 5.04. The molecule has 4 nitrogen and oxygen atoms in total. The number of fused-ring (bicyclic) bond motifs is 3. The van der Waals surface area contributed by atoms with Crippen LogP contribution in [0.4, 0.5) is 0 Å². The number of hydrogen-bond acceptors (Lipinski definition) is 3. The Hall–Kier alpha value is -3.14. The van der Waals surface area contributed by atoms with E-state index in [0.29, 0.717) is 0 Å². The summed E-state index contributed by atoms with van der Waals surface area (Å²) in [4.78, 5) is 0. The summed E-state index contributed by atoms with van der Waals surface area (Å²) in [5, 5.41) is 2.34. The molecule has 0 N–H and O–H groups in total. The Kier molecular flexibility index (Phi) is 3.73. The zero-order chi connectivity index (χ0) is 17.4.